The minimum atomic E-state index is -0.705. The van der Waals surface area contributed by atoms with Crippen LogP contribution < -0.4 is 5.46 Å². The lowest BCUT2D eigenvalue weighted by Crippen LogP contribution is -2.41. The van der Waals surface area contributed by atoms with Crippen LogP contribution in [-0.2, 0) is 15.7 Å². The summed E-state index contributed by atoms with van der Waals surface area (Å²) in [6.07, 6.45) is 0.493. The molecule has 104 valence electrons. The second kappa shape index (κ2) is 4.89. The zero-order valence-electron chi connectivity index (χ0n) is 11.9. The molecule has 1 saturated heterocycles. The summed E-state index contributed by atoms with van der Waals surface area (Å²) in [5.41, 5.74) is 0.284. The molecule has 2 rings (SSSR count). The Bertz CT molecular complexity index is 458. The molecule has 0 bridgehead atoms. The first-order chi connectivity index (χ1) is 8.77. The van der Waals surface area contributed by atoms with Crippen molar-refractivity contribution >= 4 is 12.6 Å². The lowest BCUT2D eigenvalue weighted by molar-refractivity contribution is 0.00578. The maximum absolute atomic E-state index is 13.9. The van der Waals surface area contributed by atoms with E-state index in [1.165, 1.54) is 6.07 Å². The van der Waals surface area contributed by atoms with Gasteiger partial charge in [0.1, 0.15) is 5.82 Å². The van der Waals surface area contributed by atoms with Crippen molar-refractivity contribution in [3.63, 3.8) is 0 Å². The summed E-state index contributed by atoms with van der Waals surface area (Å²) in [6, 6.07) is 4.76. The number of hydrogen-bond acceptors (Lipinski definition) is 3. The lowest BCUT2D eigenvalue weighted by Gasteiger charge is -2.32. The number of aliphatic hydroxyl groups is 1. The third-order valence-corrected chi connectivity index (χ3v) is 3.97. The number of halogens is 1. The van der Waals surface area contributed by atoms with Gasteiger partial charge in [-0.15, -0.1) is 0 Å². The Hall–Kier alpha value is -0.905. The SMILES string of the molecule is CC1(C)OB(c2cc(CCO)ccc2F)OC1(C)C. The van der Waals surface area contributed by atoms with Crippen LogP contribution in [0.2, 0.25) is 0 Å². The van der Waals surface area contributed by atoms with Gasteiger partial charge in [0.2, 0.25) is 0 Å². The largest absolute Gasteiger partial charge is 0.497 e. The normalized spacial score (nSPS) is 20.8. The predicted octanol–water partition coefficient (Wildman–Crippen LogP) is 1.66. The van der Waals surface area contributed by atoms with Crippen LogP contribution in [0.25, 0.3) is 0 Å². The molecule has 1 aromatic rings. The fourth-order valence-electron chi connectivity index (χ4n) is 2.03. The van der Waals surface area contributed by atoms with Crippen molar-refractivity contribution in [2.24, 2.45) is 0 Å². The molecule has 0 radical (unpaired) electrons. The first-order valence-corrected chi connectivity index (χ1v) is 6.52. The van der Waals surface area contributed by atoms with Crippen LogP contribution in [0.4, 0.5) is 4.39 Å². The minimum Gasteiger partial charge on any atom is -0.399 e. The average molecular weight is 266 g/mol. The molecule has 1 fully saturated rings. The monoisotopic (exact) mass is 266 g/mol. The molecule has 0 amide bonds. The van der Waals surface area contributed by atoms with E-state index >= 15 is 0 Å². The van der Waals surface area contributed by atoms with Crippen molar-refractivity contribution in [3.05, 3.63) is 29.6 Å². The Labute approximate surface area is 113 Å². The number of benzene rings is 1. The second-order valence-corrected chi connectivity index (χ2v) is 5.92. The molecule has 0 aromatic heterocycles. The molecule has 19 heavy (non-hydrogen) atoms. The molecule has 1 heterocycles. The molecule has 1 aliphatic rings. The maximum atomic E-state index is 13.9. The van der Waals surface area contributed by atoms with Crippen molar-refractivity contribution in [1.29, 1.82) is 0 Å². The van der Waals surface area contributed by atoms with Gasteiger partial charge in [-0.2, -0.15) is 0 Å². The van der Waals surface area contributed by atoms with Gasteiger partial charge < -0.3 is 14.4 Å². The summed E-state index contributed by atoms with van der Waals surface area (Å²) in [4.78, 5) is 0. The van der Waals surface area contributed by atoms with Crippen LogP contribution in [0.5, 0.6) is 0 Å². The summed E-state index contributed by atoms with van der Waals surface area (Å²) < 4.78 is 25.6. The molecule has 0 atom stereocenters. The fraction of sp³-hybridized carbons (Fsp3) is 0.571. The summed E-state index contributed by atoms with van der Waals surface area (Å²) >= 11 is 0. The van der Waals surface area contributed by atoms with E-state index in [1.807, 2.05) is 27.7 Å². The first-order valence-electron chi connectivity index (χ1n) is 6.52. The molecule has 3 nitrogen and oxygen atoms in total. The number of rotatable bonds is 3. The standard InChI is InChI=1S/C14H20BFO3/c1-13(2)14(3,4)19-15(18-13)11-9-10(7-8-17)5-6-12(11)16/h5-6,9,17H,7-8H2,1-4H3. The highest BCUT2D eigenvalue weighted by Crippen LogP contribution is 2.36. The van der Waals surface area contributed by atoms with Gasteiger partial charge in [0.15, 0.2) is 0 Å². The Morgan fingerprint density at radius 2 is 1.74 bits per heavy atom. The van der Waals surface area contributed by atoms with Crippen LogP contribution in [0.1, 0.15) is 33.3 Å². The maximum Gasteiger partial charge on any atom is 0.497 e. The van der Waals surface area contributed by atoms with Crippen LogP contribution in [0.3, 0.4) is 0 Å². The second-order valence-electron chi connectivity index (χ2n) is 5.92. The Balaban J connectivity index is 2.31. The topological polar surface area (TPSA) is 38.7 Å². The van der Waals surface area contributed by atoms with E-state index in [0.29, 0.717) is 11.9 Å². The Kier molecular flexibility index (Phi) is 3.73. The molecule has 1 aliphatic heterocycles. The van der Waals surface area contributed by atoms with Gasteiger partial charge in [-0.05, 0) is 45.7 Å². The van der Waals surface area contributed by atoms with Gasteiger partial charge in [-0.3, -0.25) is 0 Å². The molecule has 1 N–H and O–H groups in total. The summed E-state index contributed by atoms with van der Waals surface area (Å²) in [7, 11) is -0.705. The van der Waals surface area contributed by atoms with Gasteiger partial charge in [-0.1, -0.05) is 12.1 Å². The first kappa shape index (κ1) is 14.5. The van der Waals surface area contributed by atoms with E-state index < -0.39 is 18.3 Å². The van der Waals surface area contributed by atoms with Gasteiger partial charge >= 0.3 is 7.12 Å². The molecule has 0 aliphatic carbocycles. The van der Waals surface area contributed by atoms with Crippen molar-refractivity contribution in [2.45, 2.75) is 45.3 Å². The quantitative estimate of drug-likeness (QED) is 0.845. The lowest BCUT2D eigenvalue weighted by atomic mass is 9.77. The van der Waals surface area contributed by atoms with Gasteiger partial charge in [0.05, 0.1) is 11.2 Å². The zero-order valence-corrected chi connectivity index (χ0v) is 11.9. The molecule has 5 heteroatoms. The highest BCUT2D eigenvalue weighted by molar-refractivity contribution is 6.62. The van der Waals surface area contributed by atoms with Crippen molar-refractivity contribution in [1.82, 2.24) is 0 Å². The van der Waals surface area contributed by atoms with E-state index in [-0.39, 0.29) is 12.4 Å². The summed E-state index contributed by atoms with van der Waals surface area (Å²) in [6.45, 7) is 7.77. The summed E-state index contributed by atoms with van der Waals surface area (Å²) in [5.74, 6) is -0.347. The summed E-state index contributed by atoms with van der Waals surface area (Å²) in [5, 5.41) is 8.96. The third-order valence-electron chi connectivity index (χ3n) is 3.97. The Morgan fingerprint density at radius 3 is 2.26 bits per heavy atom. The number of aliphatic hydroxyl groups excluding tert-OH is 1. The van der Waals surface area contributed by atoms with Crippen molar-refractivity contribution in [3.8, 4) is 0 Å². The smallest absolute Gasteiger partial charge is 0.399 e. The minimum absolute atomic E-state index is 0.0362. The van der Waals surface area contributed by atoms with Gasteiger partial charge in [-0.25, -0.2) is 4.39 Å². The van der Waals surface area contributed by atoms with Gasteiger partial charge in [0, 0.05) is 12.1 Å². The highest BCUT2D eigenvalue weighted by atomic mass is 19.1. The number of hydrogen-bond donors (Lipinski definition) is 1. The molecule has 0 saturated carbocycles. The molecule has 0 unspecified atom stereocenters. The van der Waals surface area contributed by atoms with E-state index in [1.54, 1.807) is 12.1 Å². The van der Waals surface area contributed by atoms with Crippen LogP contribution in [0, 0.1) is 5.82 Å². The fourth-order valence-corrected chi connectivity index (χ4v) is 2.03. The van der Waals surface area contributed by atoms with Crippen molar-refractivity contribution < 1.29 is 18.8 Å². The van der Waals surface area contributed by atoms with E-state index in [4.69, 9.17) is 14.4 Å². The van der Waals surface area contributed by atoms with Crippen LogP contribution >= 0.6 is 0 Å². The van der Waals surface area contributed by atoms with E-state index in [0.717, 1.165) is 5.56 Å². The Morgan fingerprint density at radius 1 is 1.16 bits per heavy atom. The van der Waals surface area contributed by atoms with Crippen LogP contribution in [0.15, 0.2) is 18.2 Å². The average Bonchev–Trinajstić information content (AvgIpc) is 2.51. The van der Waals surface area contributed by atoms with Crippen molar-refractivity contribution in [2.75, 3.05) is 6.61 Å². The van der Waals surface area contributed by atoms with Gasteiger partial charge in [0.25, 0.3) is 0 Å². The molecular weight excluding hydrogens is 246 g/mol. The molecular formula is C14H20BFO3. The molecule has 1 aromatic carbocycles. The van der Waals surface area contributed by atoms with E-state index in [9.17, 15) is 4.39 Å². The molecule has 0 spiro atoms. The van der Waals surface area contributed by atoms with E-state index in [2.05, 4.69) is 0 Å². The third kappa shape index (κ3) is 2.68. The highest BCUT2D eigenvalue weighted by Gasteiger charge is 2.52. The predicted molar refractivity (Wildman–Crippen MR) is 72.9 cm³/mol. The van der Waals surface area contributed by atoms with Crippen LogP contribution in [-0.4, -0.2) is 30.0 Å². The zero-order chi connectivity index (χ0) is 14.3.